The Kier molecular flexibility index (Phi) is 6.03. The zero-order valence-electron chi connectivity index (χ0n) is 18.2. The number of thiazole rings is 1. The number of piperidine rings is 1. The van der Waals surface area contributed by atoms with Gasteiger partial charge >= 0.3 is 0 Å². The summed E-state index contributed by atoms with van der Waals surface area (Å²) in [5.41, 5.74) is 8.00. The van der Waals surface area contributed by atoms with E-state index in [0.717, 1.165) is 41.6 Å². The summed E-state index contributed by atoms with van der Waals surface area (Å²) >= 11 is 2.21. The first kappa shape index (κ1) is 23.1. The summed E-state index contributed by atoms with van der Waals surface area (Å²) in [6.07, 6.45) is 1.61. The number of aromatic nitrogens is 5. The van der Waals surface area contributed by atoms with Crippen molar-refractivity contribution in [3.63, 3.8) is 0 Å². The Bertz CT molecular complexity index is 1450. The van der Waals surface area contributed by atoms with Gasteiger partial charge in [0.15, 0.2) is 11.0 Å². The Hall–Kier alpha value is -2.62. The van der Waals surface area contributed by atoms with Gasteiger partial charge in [0.05, 0.1) is 20.0 Å². The summed E-state index contributed by atoms with van der Waals surface area (Å²) in [5, 5.41) is 24.0. The summed E-state index contributed by atoms with van der Waals surface area (Å²) in [5.74, 6) is 0.297. The van der Waals surface area contributed by atoms with E-state index in [1.807, 2.05) is 25.1 Å². The molecule has 11 nitrogen and oxygen atoms in total. The first-order valence-corrected chi connectivity index (χ1v) is 13.7. The molecule has 2 aromatic carbocycles. The van der Waals surface area contributed by atoms with Crippen LogP contribution in [0, 0.1) is 0 Å². The first-order valence-electron chi connectivity index (χ1n) is 10.5. The van der Waals surface area contributed by atoms with Crippen molar-refractivity contribution < 1.29 is 8.42 Å². The first-order chi connectivity index (χ1) is 16.3. The van der Waals surface area contributed by atoms with Crippen molar-refractivity contribution in [3.8, 4) is 22.5 Å². The maximum atomic E-state index is 13.6. The number of hydrogen-bond donors (Lipinski definition) is 5. The summed E-state index contributed by atoms with van der Waals surface area (Å²) < 4.78 is 30.9. The standard InChI is InChI=1S/C20H23N9O2S3/c1-20(8-3-9-23-10-20)27-34(30,31)14-7-6-11(15(17(14)33-22)18-25-28-29-26-18)12-4-2-5-13-16(12)24-19(21)32-13/h2,4-7,23,27H,3,8-10,22H2,1H3,(H2,21,24)(H,25,26,28,29). The monoisotopic (exact) mass is 517 g/mol. The third-order valence-electron chi connectivity index (χ3n) is 5.81. The van der Waals surface area contributed by atoms with Crippen LogP contribution in [-0.4, -0.2) is 52.7 Å². The molecule has 1 saturated heterocycles. The highest BCUT2D eigenvalue weighted by Gasteiger charge is 2.34. The Labute approximate surface area is 204 Å². The van der Waals surface area contributed by atoms with Crippen LogP contribution in [0.15, 0.2) is 40.1 Å². The zero-order chi connectivity index (χ0) is 23.9. The normalized spacial score (nSPS) is 19.0. The molecule has 1 aliphatic heterocycles. The molecular formula is C20H23N9O2S3. The van der Waals surface area contributed by atoms with E-state index in [9.17, 15) is 8.42 Å². The van der Waals surface area contributed by atoms with Gasteiger partial charge in [0, 0.05) is 23.2 Å². The number of fused-ring (bicyclic) bond motifs is 1. The molecule has 0 amide bonds. The SMILES string of the molecule is CC1(NS(=O)(=O)c2ccc(-c3cccc4sc(N)nc34)c(-c3nnn[nH]3)c2SN)CCCNC1. The van der Waals surface area contributed by atoms with Crippen molar-refractivity contribution in [2.24, 2.45) is 5.14 Å². The highest BCUT2D eigenvalue weighted by atomic mass is 32.2. The number of tetrazole rings is 1. The van der Waals surface area contributed by atoms with Crippen LogP contribution in [0.3, 0.4) is 0 Å². The lowest BCUT2D eigenvalue weighted by Gasteiger charge is -2.34. The van der Waals surface area contributed by atoms with Crippen LogP contribution >= 0.6 is 23.3 Å². The molecule has 3 heterocycles. The number of sulfonamides is 1. The smallest absolute Gasteiger partial charge is 0.242 e. The number of hydrogen-bond acceptors (Lipinski definition) is 11. The minimum Gasteiger partial charge on any atom is -0.375 e. The van der Waals surface area contributed by atoms with E-state index in [4.69, 9.17) is 10.9 Å². The van der Waals surface area contributed by atoms with Crippen LogP contribution < -0.4 is 20.9 Å². The number of anilines is 1. The Morgan fingerprint density at radius 2 is 2.09 bits per heavy atom. The van der Waals surface area contributed by atoms with Gasteiger partial charge in [-0.15, -0.1) is 5.10 Å². The van der Waals surface area contributed by atoms with Crippen molar-refractivity contribution in [2.45, 2.75) is 35.1 Å². The molecule has 14 heteroatoms. The van der Waals surface area contributed by atoms with Gasteiger partial charge in [-0.2, -0.15) is 0 Å². The lowest BCUT2D eigenvalue weighted by atomic mass is 9.94. The van der Waals surface area contributed by atoms with E-state index in [2.05, 4.69) is 35.6 Å². The molecule has 0 spiro atoms. The number of aromatic amines is 1. The van der Waals surface area contributed by atoms with Crippen LogP contribution in [0.4, 0.5) is 5.13 Å². The van der Waals surface area contributed by atoms with Crippen molar-refractivity contribution in [3.05, 3.63) is 30.3 Å². The van der Waals surface area contributed by atoms with Gasteiger partial charge in [-0.3, -0.25) is 5.14 Å². The average molecular weight is 518 g/mol. The molecule has 7 N–H and O–H groups in total. The highest BCUT2D eigenvalue weighted by molar-refractivity contribution is 7.98. The minimum absolute atomic E-state index is 0.0620. The number of nitrogens with two attached hydrogens (primary N) is 2. The van der Waals surface area contributed by atoms with Gasteiger partial charge < -0.3 is 11.1 Å². The van der Waals surface area contributed by atoms with Crippen molar-refractivity contribution in [1.29, 1.82) is 0 Å². The maximum absolute atomic E-state index is 13.6. The largest absolute Gasteiger partial charge is 0.375 e. The van der Waals surface area contributed by atoms with E-state index < -0.39 is 15.6 Å². The quantitative estimate of drug-likeness (QED) is 0.238. The van der Waals surface area contributed by atoms with Gasteiger partial charge in [0.2, 0.25) is 10.0 Å². The second-order valence-corrected chi connectivity index (χ2v) is 11.7. The van der Waals surface area contributed by atoms with Crippen molar-refractivity contribution in [2.75, 3.05) is 18.8 Å². The molecular weight excluding hydrogens is 494 g/mol. The molecule has 34 heavy (non-hydrogen) atoms. The molecule has 4 aromatic rings. The molecule has 0 saturated carbocycles. The van der Waals surface area contributed by atoms with Gasteiger partial charge in [0.25, 0.3) is 0 Å². The van der Waals surface area contributed by atoms with Crippen LogP contribution in [0.2, 0.25) is 0 Å². The molecule has 0 aliphatic carbocycles. The fourth-order valence-corrected chi connectivity index (χ4v) is 7.59. The Morgan fingerprint density at radius 1 is 1.24 bits per heavy atom. The Morgan fingerprint density at radius 3 is 2.79 bits per heavy atom. The van der Waals surface area contributed by atoms with Crippen molar-refractivity contribution in [1.82, 2.24) is 35.6 Å². The third kappa shape index (κ3) is 4.16. The summed E-state index contributed by atoms with van der Waals surface area (Å²) in [4.78, 5) is 4.88. The van der Waals surface area contributed by atoms with E-state index in [1.165, 1.54) is 11.3 Å². The predicted octanol–water partition coefficient (Wildman–Crippen LogP) is 2.11. The fraction of sp³-hybridized carbons (Fsp3) is 0.300. The molecule has 5 rings (SSSR count). The molecule has 1 aliphatic rings. The number of benzene rings is 2. The predicted molar refractivity (Wildman–Crippen MR) is 134 cm³/mol. The van der Waals surface area contributed by atoms with E-state index in [1.54, 1.807) is 12.1 Å². The van der Waals surface area contributed by atoms with Gasteiger partial charge in [-0.1, -0.05) is 29.5 Å². The lowest BCUT2D eigenvalue weighted by Crippen LogP contribution is -2.55. The number of nitrogen functional groups attached to an aromatic ring is 1. The third-order valence-corrected chi connectivity index (χ3v) is 9.13. The number of nitrogens with one attached hydrogen (secondary N) is 3. The fourth-order valence-electron chi connectivity index (χ4n) is 4.32. The molecule has 0 bridgehead atoms. The van der Waals surface area contributed by atoms with Crippen molar-refractivity contribution >= 4 is 48.7 Å². The minimum atomic E-state index is -3.92. The van der Waals surface area contributed by atoms with E-state index in [0.29, 0.717) is 39.0 Å². The molecule has 2 aromatic heterocycles. The van der Waals surface area contributed by atoms with Gasteiger partial charge in [-0.25, -0.2) is 23.2 Å². The number of rotatable bonds is 6. The van der Waals surface area contributed by atoms with E-state index >= 15 is 0 Å². The number of H-pyrrole nitrogens is 1. The highest BCUT2D eigenvalue weighted by Crippen LogP contribution is 2.43. The molecule has 1 unspecified atom stereocenters. The average Bonchev–Trinajstić information content (AvgIpc) is 3.46. The van der Waals surface area contributed by atoms with Crippen LogP contribution in [0.1, 0.15) is 19.8 Å². The zero-order valence-corrected chi connectivity index (χ0v) is 20.6. The lowest BCUT2D eigenvalue weighted by molar-refractivity contribution is 0.312. The van der Waals surface area contributed by atoms with Gasteiger partial charge in [0.1, 0.15) is 0 Å². The maximum Gasteiger partial charge on any atom is 0.242 e. The molecule has 1 fully saturated rings. The molecule has 0 radical (unpaired) electrons. The second kappa shape index (κ2) is 8.87. The topological polar surface area (TPSA) is 178 Å². The van der Waals surface area contributed by atoms with E-state index in [-0.39, 0.29) is 4.90 Å². The summed E-state index contributed by atoms with van der Waals surface area (Å²) in [7, 11) is -3.92. The number of para-hydroxylation sites is 1. The summed E-state index contributed by atoms with van der Waals surface area (Å²) in [6, 6.07) is 9.03. The van der Waals surface area contributed by atoms with Gasteiger partial charge in [-0.05, 0) is 66.4 Å². The van der Waals surface area contributed by atoms with Crippen LogP contribution in [-0.2, 0) is 10.0 Å². The second-order valence-electron chi connectivity index (χ2n) is 8.33. The molecule has 178 valence electrons. The van der Waals surface area contributed by atoms with Crippen LogP contribution in [0.25, 0.3) is 32.7 Å². The Balaban J connectivity index is 1.71. The van der Waals surface area contributed by atoms with Crippen LogP contribution in [0.5, 0.6) is 0 Å². The summed E-state index contributed by atoms with van der Waals surface area (Å²) in [6.45, 7) is 3.31. The molecule has 1 atom stereocenters. The number of nitrogens with zero attached hydrogens (tertiary/aromatic N) is 4.